The summed E-state index contributed by atoms with van der Waals surface area (Å²) in [6.45, 7) is 2.80. The van der Waals surface area contributed by atoms with Crippen LogP contribution in [0, 0.1) is 0 Å². The van der Waals surface area contributed by atoms with E-state index in [4.69, 9.17) is 17.4 Å². The van der Waals surface area contributed by atoms with Gasteiger partial charge < -0.3 is 0 Å². The zero-order valence-corrected chi connectivity index (χ0v) is 14.2. The molecule has 0 fully saturated rings. The second-order valence-corrected chi connectivity index (χ2v) is 6.59. The fraction of sp³-hybridized carbons (Fsp3) is 0.308. The Morgan fingerprint density at radius 2 is 2.15 bits per heavy atom. The number of thioether (sulfide) groups is 1. The van der Waals surface area contributed by atoms with Crippen molar-refractivity contribution in [3.8, 4) is 0 Å². The van der Waals surface area contributed by atoms with E-state index in [2.05, 4.69) is 38.6 Å². The molecule has 3 N–H and O–H groups in total. The molecular weight excluding hydrogens is 360 g/mol. The molecule has 0 saturated heterocycles. The van der Waals surface area contributed by atoms with Crippen molar-refractivity contribution in [1.29, 1.82) is 0 Å². The summed E-state index contributed by atoms with van der Waals surface area (Å²) in [5.41, 5.74) is 3.76. The summed E-state index contributed by atoms with van der Waals surface area (Å²) in [6, 6.07) is 8.15. The van der Waals surface area contributed by atoms with Gasteiger partial charge in [-0.2, -0.15) is 5.10 Å². The van der Waals surface area contributed by atoms with E-state index in [1.807, 2.05) is 23.7 Å². The highest BCUT2D eigenvalue weighted by atomic mass is 79.9. The van der Waals surface area contributed by atoms with Crippen LogP contribution >= 0.6 is 39.3 Å². The number of hydrogen-bond donors (Lipinski definition) is 2. The number of rotatable bonds is 6. The third-order valence-corrected chi connectivity index (χ3v) is 4.82. The van der Waals surface area contributed by atoms with E-state index in [9.17, 15) is 0 Å². The van der Waals surface area contributed by atoms with Gasteiger partial charge in [-0.1, -0.05) is 27.5 Å². The molecule has 0 aliphatic carbocycles. The topological polar surface area (TPSA) is 55.9 Å². The number of hydrogen-bond acceptors (Lipinski definition) is 4. The molecule has 20 heavy (non-hydrogen) atoms. The molecule has 2 aromatic rings. The lowest BCUT2D eigenvalue weighted by atomic mass is 10.2. The van der Waals surface area contributed by atoms with Gasteiger partial charge in [0.2, 0.25) is 0 Å². The van der Waals surface area contributed by atoms with Gasteiger partial charge >= 0.3 is 0 Å². The third-order valence-electron chi connectivity index (χ3n) is 2.89. The molecule has 2 rings (SSSR count). The molecule has 4 nitrogen and oxygen atoms in total. The predicted octanol–water partition coefficient (Wildman–Crippen LogP) is 3.62. The van der Waals surface area contributed by atoms with Gasteiger partial charge in [0.25, 0.3) is 0 Å². The van der Waals surface area contributed by atoms with Crippen LogP contribution in [0.5, 0.6) is 0 Å². The zero-order chi connectivity index (χ0) is 14.5. The van der Waals surface area contributed by atoms with E-state index >= 15 is 0 Å². The SMILES string of the molecule is CCn1ncc(Cl)c1C(CSc1ccc(Br)cc1)NN. The van der Waals surface area contributed by atoms with Crippen molar-refractivity contribution in [2.75, 3.05) is 5.75 Å². The van der Waals surface area contributed by atoms with Crippen LogP contribution in [0.1, 0.15) is 18.7 Å². The number of aryl methyl sites for hydroxylation is 1. The molecule has 0 radical (unpaired) electrons. The monoisotopic (exact) mass is 374 g/mol. The lowest BCUT2D eigenvalue weighted by molar-refractivity contribution is 0.528. The molecule has 0 saturated carbocycles. The smallest absolute Gasteiger partial charge is 0.0834 e. The largest absolute Gasteiger partial charge is 0.271 e. The molecule has 7 heteroatoms. The summed E-state index contributed by atoms with van der Waals surface area (Å²) in [5, 5.41) is 4.89. The first kappa shape index (κ1) is 15.9. The Morgan fingerprint density at radius 3 is 2.75 bits per heavy atom. The van der Waals surface area contributed by atoms with Gasteiger partial charge in [0.05, 0.1) is 23.0 Å². The van der Waals surface area contributed by atoms with Gasteiger partial charge in [0.1, 0.15) is 0 Å². The van der Waals surface area contributed by atoms with Gasteiger partial charge in [-0.25, -0.2) is 0 Å². The van der Waals surface area contributed by atoms with Crippen molar-refractivity contribution in [3.05, 3.63) is 45.7 Å². The molecule has 1 atom stereocenters. The van der Waals surface area contributed by atoms with Crippen molar-refractivity contribution in [1.82, 2.24) is 15.2 Å². The zero-order valence-electron chi connectivity index (χ0n) is 11.0. The Labute approximate surface area is 136 Å². The second-order valence-electron chi connectivity index (χ2n) is 4.18. The first-order valence-electron chi connectivity index (χ1n) is 6.21. The van der Waals surface area contributed by atoms with Crippen LogP contribution in [0.3, 0.4) is 0 Å². The van der Waals surface area contributed by atoms with Crippen LogP contribution in [-0.4, -0.2) is 15.5 Å². The Balaban J connectivity index is 2.09. The van der Waals surface area contributed by atoms with Gasteiger partial charge in [-0.05, 0) is 31.2 Å². The van der Waals surface area contributed by atoms with Crippen LogP contribution in [0.4, 0.5) is 0 Å². The molecule has 0 bridgehead atoms. The van der Waals surface area contributed by atoms with Crippen LogP contribution in [0.2, 0.25) is 5.02 Å². The quantitative estimate of drug-likeness (QED) is 0.460. The molecule has 0 aliphatic rings. The standard InChI is InChI=1S/C13H16BrClN4S/c1-2-19-13(11(15)7-17-19)12(18-16)8-20-10-5-3-9(14)4-6-10/h3-7,12,18H,2,8,16H2,1H3. The lowest BCUT2D eigenvalue weighted by Crippen LogP contribution is -2.31. The molecule has 0 spiro atoms. The summed E-state index contributed by atoms with van der Waals surface area (Å²) in [6.07, 6.45) is 1.66. The maximum atomic E-state index is 6.21. The van der Waals surface area contributed by atoms with E-state index < -0.39 is 0 Å². The van der Waals surface area contributed by atoms with Crippen LogP contribution < -0.4 is 11.3 Å². The van der Waals surface area contributed by atoms with E-state index in [0.29, 0.717) is 5.02 Å². The van der Waals surface area contributed by atoms with Crippen LogP contribution in [-0.2, 0) is 6.54 Å². The minimum atomic E-state index is -0.0430. The highest BCUT2D eigenvalue weighted by Gasteiger charge is 2.19. The Bertz CT molecular complexity index is 558. The summed E-state index contributed by atoms with van der Waals surface area (Å²) in [4.78, 5) is 1.19. The van der Waals surface area contributed by atoms with Gasteiger partial charge in [-0.3, -0.25) is 16.0 Å². The summed E-state index contributed by atoms with van der Waals surface area (Å²) < 4.78 is 2.94. The lowest BCUT2D eigenvalue weighted by Gasteiger charge is -2.17. The number of nitrogens with one attached hydrogen (secondary N) is 1. The molecule has 0 aliphatic heterocycles. The van der Waals surface area contributed by atoms with Gasteiger partial charge in [0, 0.05) is 21.7 Å². The second kappa shape index (κ2) is 7.47. The summed E-state index contributed by atoms with van der Waals surface area (Å²) in [5.74, 6) is 6.46. The van der Waals surface area contributed by atoms with E-state index in [1.165, 1.54) is 4.90 Å². The van der Waals surface area contributed by atoms with Gasteiger partial charge in [-0.15, -0.1) is 11.8 Å². The Hall–Kier alpha value is -0.530. The number of nitrogens with zero attached hydrogens (tertiary/aromatic N) is 2. The van der Waals surface area contributed by atoms with Crippen molar-refractivity contribution >= 4 is 39.3 Å². The average Bonchev–Trinajstić information content (AvgIpc) is 2.83. The van der Waals surface area contributed by atoms with E-state index in [1.54, 1.807) is 18.0 Å². The summed E-state index contributed by atoms with van der Waals surface area (Å²) >= 11 is 11.4. The minimum absolute atomic E-state index is 0.0430. The highest BCUT2D eigenvalue weighted by Crippen LogP contribution is 2.29. The predicted molar refractivity (Wildman–Crippen MR) is 87.8 cm³/mol. The van der Waals surface area contributed by atoms with E-state index in [-0.39, 0.29) is 6.04 Å². The van der Waals surface area contributed by atoms with Crippen molar-refractivity contribution < 1.29 is 0 Å². The Morgan fingerprint density at radius 1 is 1.45 bits per heavy atom. The molecule has 0 amide bonds. The van der Waals surface area contributed by atoms with Crippen molar-refractivity contribution in [2.45, 2.75) is 24.4 Å². The molecule has 1 aromatic carbocycles. The first-order chi connectivity index (χ1) is 9.65. The molecular formula is C13H16BrClN4S. The van der Waals surface area contributed by atoms with Crippen molar-refractivity contribution in [2.24, 2.45) is 5.84 Å². The maximum absolute atomic E-state index is 6.21. The highest BCUT2D eigenvalue weighted by molar-refractivity contribution is 9.10. The van der Waals surface area contributed by atoms with E-state index in [0.717, 1.165) is 22.5 Å². The number of halogens is 2. The Kier molecular flexibility index (Phi) is 5.92. The average molecular weight is 376 g/mol. The summed E-state index contributed by atoms with van der Waals surface area (Å²) in [7, 11) is 0. The number of hydrazine groups is 1. The fourth-order valence-electron chi connectivity index (χ4n) is 1.89. The minimum Gasteiger partial charge on any atom is -0.271 e. The number of nitrogens with two attached hydrogens (primary N) is 1. The van der Waals surface area contributed by atoms with Gasteiger partial charge in [0.15, 0.2) is 0 Å². The molecule has 108 valence electrons. The fourth-order valence-corrected chi connectivity index (χ4v) is 3.37. The van der Waals surface area contributed by atoms with Crippen LogP contribution in [0.25, 0.3) is 0 Å². The normalized spacial score (nSPS) is 12.6. The van der Waals surface area contributed by atoms with Crippen LogP contribution in [0.15, 0.2) is 39.8 Å². The molecule has 1 unspecified atom stereocenters. The first-order valence-corrected chi connectivity index (χ1v) is 8.37. The van der Waals surface area contributed by atoms with Crippen molar-refractivity contribution in [3.63, 3.8) is 0 Å². The third kappa shape index (κ3) is 3.77. The number of aromatic nitrogens is 2. The number of benzene rings is 1. The molecule has 1 aromatic heterocycles. The maximum Gasteiger partial charge on any atom is 0.0834 e. The molecule has 1 heterocycles.